The van der Waals surface area contributed by atoms with Crippen LogP contribution in [0, 0.1) is 35.0 Å². The number of fused-ring (bicyclic) bond motifs is 1. The van der Waals surface area contributed by atoms with E-state index in [-0.39, 0.29) is 40.4 Å². The molecule has 4 heteroatoms. The van der Waals surface area contributed by atoms with E-state index in [1.54, 1.807) is 13.2 Å². The smallest absolute Gasteiger partial charge is 0.257 e. The highest BCUT2D eigenvalue weighted by Crippen LogP contribution is 2.56. The van der Waals surface area contributed by atoms with Crippen LogP contribution in [0.4, 0.5) is 0 Å². The largest absolute Gasteiger partial charge is 0.355 e. The predicted octanol–water partition coefficient (Wildman–Crippen LogP) is 5.60. The number of carbonyl (C=O) groups is 2. The molecule has 1 aliphatic heterocycles. The highest BCUT2D eigenvalue weighted by atomic mass is 16.5. The Bertz CT molecular complexity index is 835. The van der Waals surface area contributed by atoms with Gasteiger partial charge in [-0.2, -0.15) is 0 Å². The minimum absolute atomic E-state index is 0.00147. The Kier molecular flexibility index (Phi) is 6.72. The van der Waals surface area contributed by atoms with Crippen LogP contribution in [-0.2, 0) is 14.3 Å². The van der Waals surface area contributed by atoms with Crippen LogP contribution in [0.2, 0.25) is 0 Å². The molecule has 4 nitrogen and oxygen atoms in total. The van der Waals surface area contributed by atoms with Gasteiger partial charge in [0, 0.05) is 25.4 Å². The zero-order chi connectivity index (χ0) is 23.1. The monoisotopic (exact) mass is 427 g/mol. The van der Waals surface area contributed by atoms with Crippen LogP contribution in [0.1, 0.15) is 74.1 Å². The molecule has 172 valence electrons. The van der Waals surface area contributed by atoms with E-state index in [1.807, 2.05) is 6.92 Å². The van der Waals surface area contributed by atoms with Crippen molar-refractivity contribution in [2.24, 2.45) is 35.0 Å². The summed E-state index contributed by atoms with van der Waals surface area (Å²) in [6.45, 7) is 15.2. The molecule has 0 aromatic heterocycles. The Morgan fingerprint density at radius 1 is 1.32 bits per heavy atom. The average Bonchev–Trinajstić information content (AvgIpc) is 3.00. The molecule has 0 bridgehead atoms. The van der Waals surface area contributed by atoms with Crippen molar-refractivity contribution in [1.82, 2.24) is 5.32 Å². The lowest BCUT2D eigenvalue weighted by molar-refractivity contribution is -0.129. The molecule has 31 heavy (non-hydrogen) atoms. The first-order valence-electron chi connectivity index (χ1n) is 11.9. The van der Waals surface area contributed by atoms with E-state index in [0.717, 1.165) is 19.3 Å². The van der Waals surface area contributed by atoms with Crippen molar-refractivity contribution in [2.75, 3.05) is 7.11 Å². The number of nitrogens with one attached hydrogen (secondary N) is 1. The third-order valence-electron chi connectivity index (χ3n) is 7.98. The maximum Gasteiger partial charge on any atom is 0.257 e. The molecule has 0 aromatic carbocycles. The van der Waals surface area contributed by atoms with Crippen LogP contribution in [0.15, 0.2) is 34.9 Å². The van der Waals surface area contributed by atoms with Gasteiger partial charge < -0.3 is 10.1 Å². The number of Topliss-reactive ketones (excluding diaryl/α,β-unsaturated/α-hetero) is 1. The molecule has 0 saturated heterocycles. The highest BCUT2D eigenvalue weighted by molar-refractivity contribution is 6.22. The summed E-state index contributed by atoms with van der Waals surface area (Å²) in [5.74, 6) is 0.777. The number of hydrogen-bond acceptors (Lipinski definition) is 3. The molecule has 1 amide bonds. The van der Waals surface area contributed by atoms with Gasteiger partial charge >= 0.3 is 0 Å². The standard InChI is InChI=1S/C27H41NO3/c1-9-18(5)22-19(6)14-26(7)13-17(4)10-11-21(26)23(22)24(29)20-15-27(31-8,12-16(2)3)28-25(20)30/h9,14-17,21-23H,10-13H2,1-8H3,(H,28,30)/b18-9-/t17-,21+,22-,23+,26+,27-/m1/s1. The fourth-order valence-corrected chi connectivity index (χ4v) is 6.70. The molecular formula is C27H41NO3. The second kappa shape index (κ2) is 8.69. The van der Waals surface area contributed by atoms with Crippen LogP contribution >= 0.6 is 0 Å². The summed E-state index contributed by atoms with van der Waals surface area (Å²) in [6, 6.07) is 0. The quantitative estimate of drug-likeness (QED) is 0.443. The molecule has 2 aliphatic carbocycles. The van der Waals surface area contributed by atoms with Crippen LogP contribution in [-0.4, -0.2) is 24.5 Å². The summed E-state index contributed by atoms with van der Waals surface area (Å²) in [5.41, 5.74) is 1.88. The molecule has 0 radical (unpaired) electrons. The Morgan fingerprint density at radius 3 is 2.58 bits per heavy atom. The fraction of sp³-hybridized carbons (Fsp3) is 0.704. The summed E-state index contributed by atoms with van der Waals surface area (Å²) in [7, 11) is 1.60. The summed E-state index contributed by atoms with van der Waals surface area (Å²) < 4.78 is 5.72. The first-order chi connectivity index (χ1) is 14.5. The molecule has 0 unspecified atom stereocenters. The first kappa shape index (κ1) is 24.0. The van der Waals surface area contributed by atoms with Crippen molar-refractivity contribution in [3.63, 3.8) is 0 Å². The number of amides is 1. The second-order valence-electron chi connectivity index (χ2n) is 11.0. The summed E-state index contributed by atoms with van der Waals surface area (Å²) in [5, 5.41) is 2.97. The van der Waals surface area contributed by atoms with Crippen molar-refractivity contribution in [2.45, 2.75) is 79.9 Å². The maximum absolute atomic E-state index is 14.1. The lowest BCUT2D eigenvalue weighted by atomic mass is 9.52. The first-order valence-corrected chi connectivity index (χ1v) is 11.9. The molecule has 3 aliphatic rings. The number of hydrogen-bond donors (Lipinski definition) is 1. The molecular weight excluding hydrogens is 386 g/mol. The molecule has 6 atom stereocenters. The van der Waals surface area contributed by atoms with Crippen LogP contribution in [0.3, 0.4) is 0 Å². The van der Waals surface area contributed by atoms with Gasteiger partial charge in [0.15, 0.2) is 11.5 Å². The third-order valence-corrected chi connectivity index (χ3v) is 7.98. The van der Waals surface area contributed by atoms with Gasteiger partial charge in [-0.1, -0.05) is 57.4 Å². The van der Waals surface area contributed by atoms with Crippen LogP contribution in [0.25, 0.3) is 0 Å². The lowest BCUT2D eigenvalue weighted by Crippen LogP contribution is -2.48. The molecule has 0 spiro atoms. The number of carbonyl (C=O) groups excluding carboxylic acids is 2. The number of ketones is 1. The van der Waals surface area contributed by atoms with Gasteiger partial charge in [0.1, 0.15) is 0 Å². The molecule has 1 N–H and O–H groups in total. The Morgan fingerprint density at radius 2 is 2.00 bits per heavy atom. The SMILES string of the molecule is C/C=C(/C)[C@@H]1C(C)=C[C@]2(C)C[C@H](C)CC[C@H]2[C@@H]1C(=O)C1=C[C@@](CC(C)C)(OC)NC1=O. The van der Waals surface area contributed by atoms with Gasteiger partial charge in [-0.15, -0.1) is 0 Å². The summed E-state index contributed by atoms with van der Waals surface area (Å²) in [4.78, 5) is 27.1. The van der Waals surface area contributed by atoms with E-state index in [9.17, 15) is 9.59 Å². The molecule has 1 fully saturated rings. The third kappa shape index (κ3) is 4.33. The predicted molar refractivity (Wildman–Crippen MR) is 125 cm³/mol. The van der Waals surface area contributed by atoms with E-state index in [1.165, 1.54) is 11.1 Å². The maximum atomic E-state index is 14.1. The molecule has 1 heterocycles. The molecule has 3 rings (SSSR count). The molecule has 0 aromatic rings. The Labute approximate surface area is 188 Å². The number of allylic oxidation sites excluding steroid dienone is 4. The second-order valence-corrected chi connectivity index (χ2v) is 11.0. The fourth-order valence-electron chi connectivity index (χ4n) is 6.70. The summed E-state index contributed by atoms with van der Waals surface area (Å²) >= 11 is 0. The van der Waals surface area contributed by atoms with Gasteiger partial charge in [0.2, 0.25) is 0 Å². The Balaban J connectivity index is 2.08. The number of rotatable bonds is 6. The van der Waals surface area contributed by atoms with Crippen molar-refractivity contribution in [3.8, 4) is 0 Å². The van der Waals surface area contributed by atoms with Crippen molar-refractivity contribution in [3.05, 3.63) is 34.9 Å². The van der Waals surface area contributed by atoms with Crippen LogP contribution < -0.4 is 5.32 Å². The summed E-state index contributed by atoms with van der Waals surface area (Å²) in [6.07, 6.45) is 10.2. The average molecular weight is 428 g/mol. The van der Waals surface area contributed by atoms with E-state index < -0.39 is 5.72 Å². The van der Waals surface area contributed by atoms with Crippen molar-refractivity contribution < 1.29 is 14.3 Å². The van der Waals surface area contributed by atoms with Gasteiger partial charge in [-0.3, -0.25) is 9.59 Å². The zero-order valence-corrected chi connectivity index (χ0v) is 20.7. The van der Waals surface area contributed by atoms with E-state index in [2.05, 4.69) is 59.0 Å². The highest BCUT2D eigenvalue weighted by Gasteiger charge is 2.53. The lowest BCUT2D eigenvalue weighted by Gasteiger charge is -2.52. The van der Waals surface area contributed by atoms with E-state index >= 15 is 0 Å². The van der Waals surface area contributed by atoms with E-state index in [0.29, 0.717) is 18.3 Å². The number of methoxy groups -OCH3 is 1. The van der Waals surface area contributed by atoms with Gasteiger partial charge in [-0.25, -0.2) is 0 Å². The Hall–Kier alpha value is -1.68. The van der Waals surface area contributed by atoms with Crippen LogP contribution in [0.5, 0.6) is 0 Å². The minimum atomic E-state index is -0.884. The number of ether oxygens (including phenoxy) is 1. The van der Waals surface area contributed by atoms with Crippen molar-refractivity contribution >= 4 is 11.7 Å². The normalized spacial score (nSPS) is 38.5. The molecule has 1 saturated carbocycles. The van der Waals surface area contributed by atoms with Crippen molar-refractivity contribution in [1.29, 1.82) is 0 Å². The van der Waals surface area contributed by atoms with Gasteiger partial charge in [0.25, 0.3) is 5.91 Å². The topological polar surface area (TPSA) is 55.4 Å². The van der Waals surface area contributed by atoms with Gasteiger partial charge in [-0.05, 0) is 62.9 Å². The zero-order valence-electron chi connectivity index (χ0n) is 20.7. The minimum Gasteiger partial charge on any atom is -0.355 e. The van der Waals surface area contributed by atoms with Gasteiger partial charge in [0.05, 0.1) is 5.57 Å². The van der Waals surface area contributed by atoms with E-state index in [4.69, 9.17) is 4.74 Å².